The molecule has 2 aliphatic heterocycles. The Bertz CT molecular complexity index is 1140. The Morgan fingerprint density at radius 1 is 1.12 bits per heavy atom. The fourth-order valence-corrected chi connectivity index (χ4v) is 4.03. The molecule has 1 amide bonds. The van der Waals surface area contributed by atoms with Gasteiger partial charge in [0.2, 0.25) is 0 Å². The molecule has 7 nitrogen and oxygen atoms in total. The lowest BCUT2D eigenvalue weighted by atomic mass is 9.98. The van der Waals surface area contributed by atoms with Gasteiger partial charge in [0.05, 0.1) is 48.1 Å². The molecule has 0 bridgehead atoms. The molecule has 5 rings (SSSR count). The molecule has 3 aromatic rings. The molecule has 0 saturated carbocycles. The predicted molar refractivity (Wildman–Crippen MR) is 114 cm³/mol. The number of rotatable bonds is 4. The molecule has 9 heteroatoms. The Labute approximate surface area is 183 Å². The molecule has 0 unspecified atom stereocenters. The van der Waals surface area contributed by atoms with Crippen LogP contribution in [0.3, 0.4) is 0 Å². The average molecular weight is 437 g/mol. The van der Waals surface area contributed by atoms with Crippen LogP contribution >= 0.6 is 0 Å². The lowest BCUT2D eigenvalue weighted by Gasteiger charge is -2.15. The maximum Gasteiger partial charge on any atom is 0.255 e. The van der Waals surface area contributed by atoms with Crippen LogP contribution in [0.2, 0.25) is 0 Å². The average Bonchev–Trinajstić information content (AvgIpc) is 2.98. The summed E-state index contributed by atoms with van der Waals surface area (Å²) in [5, 5.41) is 9.03. The van der Waals surface area contributed by atoms with Crippen LogP contribution in [-0.4, -0.2) is 35.8 Å². The molecule has 1 aromatic carbocycles. The Kier molecular flexibility index (Phi) is 5.50. The zero-order chi connectivity index (χ0) is 22.1. The molecule has 4 heterocycles. The van der Waals surface area contributed by atoms with Crippen molar-refractivity contribution < 1.29 is 18.3 Å². The van der Waals surface area contributed by atoms with E-state index in [1.54, 1.807) is 6.20 Å². The molecule has 32 heavy (non-hydrogen) atoms. The highest BCUT2D eigenvalue weighted by Gasteiger charge is 2.27. The molecule has 3 N–H and O–H groups in total. The molecule has 0 spiro atoms. The number of ether oxygens (including phenoxy) is 1. The Morgan fingerprint density at radius 2 is 1.97 bits per heavy atom. The zero-order valence-electron chi connectivity index (χ0n) is 17.1. The molecule has 1 fully saturated rings. The third-order valence-corrected chi connectivity index (χ3v) is 5.67. The van der Waals surface area contributed by atoms with Gasteiger partial charge in [-0.15, -0.1) is 0 Å². The van der Waals surface area contributed by atoms with E-state index in [2.05, 4.69) is 25.9 Å². The van der Waals surface area contributed by atoms with Crippen LogP contribution in [0.1, 0.15) is 34.0 Å². The first-order valence-electron chi connectivity index (χ1n) is 10.4. The normalized spacial score (nSPS) is 18.1. The number of hydrogen-bond donors (Lipinski definition) is 3. The van der Waals surface area contributed by atoms with Crippen LogP contribution in [0.15, 0.2) is 42.6 Å². The SMILES string of the molecule is O=C1NCc2nc(-c3c(F)cccc3F)cc(Nc3ccc([C@@H]4CCNCOC4)cn3)c21. The second kappa shape index (κ2) is 8.60. The van der Waals surface area contributed by atoms with Crippen molar-refractivity contribution >= 4 is 17.4 Å². The Hall–Kier alpha value is -3.43. The van der Waals surface area contributed by atoms with Gasteiger partial charge in [-0.05, 0) is 42.8 Å². The van der Waals surface area contributed by atoms with E-state index in [9.17, 15) is 13.6 Å². The number of hydrogen-bond acceptors (Lipinski definition) is 6. The Morgan fingerprint density at radius 3 is 2.75 bits per heavy atom. The number of carbonyl (C=O) groups is 1. The number of pyridine rings is 2. The standard InChI is InChI=1S/C23H21F2N5O2/c24-15-2-1-3-16(25)21(15)17-8-18(22-19(29-17)10-28-23(22)31)30-20-5-4-13(9-27-20)14-6-7-26-12-32-11-14/h1-5,8-9,14,26H,6-7,10-12H2,(H,28,31)(H,27,29,30)/t14-/m1/s1. The Balaban J connectivity index is 1.48. The van der Waals surface area contributed by atoms with Gasteiger partial charge < -0.3 is 15.4 Å². The second-order valence-corrected chi connectivity index (χ2v) is 7.76. The molecular weight excluding hydrogens is 416 g/mol. The quantitative estimate of drug-likeness (QED) is 0.580. The van der Waals surface area contributed by atoms with Crippen molar-refractivity contribution in [1.29, 1.82) is 0 Å². The van der Waals surface area contributed by atoms with Crippen molar-refractivity contribution in [1.82, 2.24) is 20.6 Å². The third kappa shape index (κ3) is 3.92. The van der Waals surface area contributed by atoms with Crippen LogP contribution in [0.25, 0.3) is 11.3 Å². The highest BCUT2D eigenvalue weighted by Crippen LogP contribution is 2.33. The van der Waals surface area contributed by atoms with E-state index in [4.69, 9.17) is 4.74 Å². The van der Waals surface area contributed by atoms with Gasteiger partial charge in [-0.25, -0.2) is 18.7 Å². The monoisotopic (exact) mass is 437 g/mol. The highest BCUT2D eigenvalue weighted by molar-refractivity contribution is 6.04. The lowest BCUT2D eigenvalue weighted by molar-refractivity contribution is 0.0966. The van der Waals surface area contributed by atoms with Crippen molar-refractivity contribution in [3.8, 4) is 11.3 Å². The first-order valence-corrected chi connectivity index (χ1v) is 10.4. The highest BCUT2D eigenvalue weighted by atomic mass is 19.1. The van der Waals surface area contributed by atoms with Gasteiger partial charge in [0.15, 0.2) is 0 Å². The van der Waals surface area contributed by atoms with Crippen LogP contribution in [0, 0.1) is 11.6 Å². The molecule has 1 atom stereocenters. The fraction of sp³-hybridized carbons (Fsp3) is 0.261. The van der Waals surface area contributed by atoms with E-state index in [0.717, 1.165) is 18.5 Å². The molecule has 1 saturated heterocycles. The summed E-state index contributed by atoms with van der Waals surface area (Å²) >= 11 is 0. The molecule has 2 aromatic heterocycles. The van der Waals surface area contributed by atoms with Crippen LogP contribution in [0.4, 0.5) is 20.3 Å². The third-order valence-electron chi connectivity index (χ3n) is 5.67. The summed E-state index contributed by atoms with van der Waals surface area (Å²) in [4.78, 5) is 21.2. The number of carbonyl (C=O) groups excluding carboxylic acids is 1. The van der Waals surface area contributed by atoms with Crippen molar-refractivity contribution in [2.75, 3.05) is 25.2 Å². The second-order valence-electron chi connectivity index (χ2n) is 7.76. The minimum atomic E-state index is -0.719. The minimum absolute atomic E-state index is 0.109. The predicted octanol–water partition coefficient (Wildman–Crippen LogP) is 3.46. The number of nitrogens with zero attached hydrogens (tertiary/aromatic N) is 2. The summed E-state index contributed by atoms with van der Waals surface area (Å²) in [6.07, 6.45) is 2.73. The van der Waals surface area contributed by atoms with Crippen molar-refractivity contribution in [3.05, 3.63) is 71.1 Å². The number of fused-ring (bicyclic) bond motifs is 1. The summed E-state index contributed by atoms with van der Waals surface area (Å²) in [5.41, 5.74) is 2.11. The van der Waals surface area contributed by atoms with Crippen molar-refractivity contribution in [2.24, 2.45) is 0 Å². The summed E-state index contributed by atoms with van der Waals surface area (Å²) in [6.45, 7) is 2.23. The van der Waals surface area contributed by atoms with Crippen molar-refractivity contribution in [3.63, 3.8) is 0 Å². The summed E-state index contributed by atoms with van der Waals surface area (Å²) < 4.78 is 34.3. The van der Waals surface area contributed by atoms with Gasteiger partial charge in [-0.1, -0.05) is 12.1 Å². The summed E-state index contributed by atoms with van der Waals surface area (Å²) in [6, 6.07) is 8.91. The lowest BCUT2D eigenvalue weighted by Crippen LogP contribution is -2.15. The fourth-order valence-electron chi connectivity index (χ4n) is 4.03. The molecule has 0 aliphatic carbocycles. The van der Waals surface area contributed by atoms with Crippen molar-refractivity contribution in [2.45, 2.75) is 18.9 Å². The number of aromatic nitrogens is 2. The number of benzene rings is 1. The van der Waals surface area contributed by atoms with Crippen LogP contribution in [-0.2, 0) is 11.3 Å². The van der Waals surface area contributed by atoms with Gasteiger partial charge in [0.1, 0.15) is 17.5 Å². The van der Waals surface area contributed by atoms with Crippen LogP contribution in [0.5, 0.6) is 0 Å². The van der Waals surface area contributed by atoms with E-state index in [-0.39, 0.29) is 29.6 Å². The van der Waals surface area contributed by atoms with Gasteiger partial charge in [0, 0.05) is 12.1 Å². The van der Waals surface area contributed by atoms with Gasteiger partial charge in [0.25, 0.3) is 5.91 Å². The van der Waals surface area contributed by atoms with Gasteiger partial charge in [-0.3, -0.25) is 10.1 Å². The topological polar surface area (TPSA) is 88.2 Å². The summed E-state index contributed by atoms with van der Waals surface area (Å²) in [7, 11) is 0. The number of amides is 1. The minimum Gasteiger partial charge on any atom is -0.366 e. The first-order chi connectivity index (χ1) is 15.6. The van der Waals surface area contributed by atoms with E-state index in [1.807, 2.05) is 12.1 Å². The molecular formula is C23H21F2N5O2. The largest absolute Gasteiger partial charge is 0.366 e. The molecule has 2 aliphatic rings. The van der Waals surface area contributed by atoms with E-state index >= 15 is 0 Å². The van der Waals surface area contributed by atoms with E-state index < -0.39 is 11.6 Å². The smallest absolute Gasteiger partial charge is 0.255 e. The summed E-state index contributed by atoms with van der Waals surface area (Å²) in [5.74, 6) is -0.977. The van der Waals surface area contributed by atoms with E-state index in [0.29, 0.717) is 36.1 Å². The maximum absolute atomic E-state index is 14.4. The number of halogens is 2. The van der Waals surface area contributed by atoms with E-state index in [1.165, 1.54) is 24.3 Å². The first kappa shape index (κ1) is 20.5. The zero-order valence-corrected chi connectivity index (χ0v) is 17.1. The molecule has 164 valence electrons. The van der Waals surface area contributed by atoms with Gasteiger partial charge >= 0.3 is 0 Å². The van der Waals surface area contributed by atoms with Gasteiger partial charge in [-0.2, -0.15) is 0 Å². The maximum atomic E-state index is 14.4. The number of anilines is 2. The molecule has 0 radical (unpaired) electrons. The van der Waals surface area contributed by atoms with Crippen LogP contribution < -0.4 is 16.0 Å². The number of nitrogens with one attached hydrogen (secondary N) is 3.